The van der Waals surface area contributed by atoms with E-state index >= 15 is 0 Å². The summed E-state index contributed by atoms with van der Waals surface area (Å²) in [5, 5.41) is 7.88. The van der Waals surface area contributed by atoms with Crippen molar-refractivity contribution >= 4 is 77.5 Å². The van der Waals surface area contributed by atoms with Gasteiger partial charge in [0.1, 0.15) is 0 Å². The van der Waals surface area contributed by atoms with Crippen molar-refractivity contribution in [3.8, 4) is 44.8 Å². The summed E-state index contributed by atoms with van der Waals surface area (Å²) < 4.78 is 5.43. The lowest BCUT2D eigenvalue weighted by molar-refractivity contribution is 0.333. The van der Waals surface area contributed by atoms with Gasteiger partial charge in [0.25, 0.3) is 6.71 Å². The molecule has 10 aromatic carbocycles. The van der Waals surface area contributed by atoms with E-state index in [9.17, 15) is 0 Å². The largest absolute Gasteiger partial charge is 0.310 e. The molecule has 17 rings (SSSR count). The summed E-state index contributed by atoms with van der Waals surface area (Å²) in [5.41, 5.74) is 28.1. The second-order valence-corrected chi connectivity index (χ2v) is 22.4. The quantitative estimate of drug-likeness (QED) is 0.153. The Morgan fingerprint density at radius 2 is 0.857 bits per heavy atom. The van der Waals surface area contributed by atoms with E-state index in [0.717, 1.165) is 0 Å². The summed E-state index contributed by atoms with van der Waals surface area (Å²) in [6, 6.07) is 73.4. The van der Waals surface area contributed by atoms with E-state index < -0.39 is 5.41 Å². The molecule has 0 N–H and O–H groups in total. The van der Waals surface area contributed by atoms with Crippen LogP contribution in [0.5, 0.6) is 0 Å². The first-order valence-electron chi connectivity index (χ1n) is 25.4. The maximum absolute atomic E-state index is 2.73. The Hall–Kier alpha value is -7.88. The smallest absolute Gasteiger partial charge is 0.252 e. The van der Waals surface area contributed by atoms with Crippen LogP contribution in [0.25, 0.3) is 99.1 Å². The molecule has 0 atom stereocenters. The maximum atomic E-state index is 2.73. The number of benzene rings is 10. The number of rotatable bonds is 2. The van der Waals surface area contributed by atoms with Crippen LogP contribution in [0.15, 0.2) is 188 Å². The number of hydrogen-bond donors (Lipinski definition) is 0. The van der Waals surface area contributed by atoms with Gasteiger partial charge in [-0.25, -0.2) is 0 Å². The van der Waals surface area contributed by atoms with Gasteiger partial charge in [-0.3, -0.25) is 0 Å². The number of aromatic nitrogens is 2. The minimum absolute atomic E-state index is 0.0159. The van der Waals surface area contributed by atoms with Crippen molar-refractivity contribution in [2.45, 2.75) is 56.8 Å². The average molecular weight is 891 g/mol. The fourth-order valence-corrected chi connectivity index (χ4v) is 15.5. The van der Waals surface area contributed by atoms with Gasteiger partial charge in [-0.2, -0.15) is 0 Å². The van der Waals surface area contributed by atoms with Crippen molar-refractivity contribution in [1.82, 2.24) is 9.13 Å². The molecule has 0 bridgehead atoms. The molecule has 70 heavy (non-hydrogen) atoms. The second kappa shape index (κ2) is 12.5. The van der Waals surface area contributed by atoms with Crippen LogP contribution in [0.3, 0.4) is 0 Å². The van der Waals surface area contributed by atoms with Gasteiger partial charge < -0.3 is 9.13 Å². The van der Waals surface area contributed by atoms with E-state index in [2.05, 4.69) is 225 Å². The van der Waals surface area contributed by atoms with Crippen LogP contribution in [-0.2, 0) is 16.2 Å². The molecule has 2 aliphatic carbocycles. The van der Waals surface area contributed by atoms with Gasteiger partial charge in [0.2, 0.25) is 0 Å². The lowest BCUT2D eigenvalue weighted by atomic mass is 9.33. The molecule has 3 aliphatic heterocycles. The highest BCUT2D eigenvalue weighted by Gasteiger charge is 2.55. The maximum Gasteiger partial charge on any atom is 0.252 e. The van der Waals surface area contributed by atoms with Gasteiger partial charge in [-0.1, -0.05) is 204 Å². The van der Waals surface area contributed by atoms with Crippen molar-refractivity contribution in [3.63, 3.8) is 0 Å². The topological polar surface area (TPSA) is 9.86 Å². The molecule has 0 saturated carbocycles. The Morgan fingerprint density at radius 1 is 0.357 bits per heavy atom. The molecule has 0 unspecified atom stereocenters. The first kappa shape index (κ1) is 38.0. The monoisotopic (exact) mass is 890 g/mol. The molecule has 5 aliphatic rings. The van der Waals surface area contributed by atoms with E-state index in [1.54, 1.807) is 0 Å². The van der Waals surface area contributed by atoms with Crippen LogP contribution < -0.4 is 16.4 Å². The summed E-state index contributed by atoms with van der Waals surface area (Å²) >= 11 is 0. The fraction of sp³-hybridized carbons (Fsp3) is 0.134. The van der Waals surface area contributed by atoms with E-state index in [1.165, 1.54) is 162 Å². The lowest BCUT2D eigenvalue weighted by Crippen LogP contribution is -2.60. The highest BCUT2D eigenvalue weighted by atomic mass is 15.1. The third kappa shape index (κ3) is 4.18. The van der Waals surface area contributed by atoms with E-state index in [4.69, 9.17) is 0 Å². The van der Waals surface area contributed by atoms with Gasteiger partial charge in [0.15, 0.2) is 0 Å². The van der Waals surface area contributed by atoms with E-state index in [0.29, 0.717) is 0 Å². The molecule has 0 fully saturated rings. The molecule has 1 spiro atoms. The molecule has 0 saturated heterocycles. The lowest BCUT2D eigenvalue weighted by Gasteiger charge is -2.44. The molecular weight excluding hydrogens is 844 g/mol. The highest BCUT2D eigenvalue weighted by Crippen LogP contribution is 2.62. The van der Waals surface area contributed by atoms with Crippen LogP contribution in [0, 0.1) is 0 Å². The zero-order valence-corrected chi connectivity index (χ0v) is 39.8. The van der Waals surface area contributed by atoms with Crippen molar-refractivity contribution in [3.05, 3.63) is 221 Å². The summed E-state index contributed by atoms with van der Waals surface area (Å²) in [4.78, 5) is 0. The van der Waals surface area contributed by atoms with Gasteiger partial charge in [-0.15, -0.1) is 0 Å². The summed E-state index contributed by atoms with van der Waals surface area (Å²) in [7, 11) is 0. The summed E-state index contributed by atoms with van der Waals surface area (Å²) in [6.07, 6.45) is 2.36. The van der Waals surface area contributed by atoms with Gasteiger partial charge in [0, 0.05) is 43.8 Å². The second-order valence-electron chi connectivity index (χ2n) is 22.4. The highest BCUT2D eigenvalue weighted by molar-refractivity contribution is 7.00. The SMILES string of the molecule is CC1(C)CCC(C)(C)c2c(-c3ccc(-c4cc5c6c7c4-n4c8ccccc8c8cccc(c84)B7c4cccc7c8cccc(c8n-6c47)C54c5ccccc5-c5ccccc54)c4ccccc34)cccc21. The van der Waals surface area contributed by atoms with E-state index in [-0.39, 0.29) is 17.5 Å². The first-order chi connectivity index (χ1) is 34.3. The van der Waals surface area contributed by atoms with Crippen LogP contribution in [0.4, 0.5) is 0 Å². The Morgan fingerprint density at radius 3 is 1.57 bits per heavy atom. The van der Waals surface area contributed by atoms with Crippen molar-refractivity contribution < 1.29 is 0 Å². The zero-order chi connectivity index (χ0) is 46.2. The number of fused-ring (bicyclic) bond motifs is 16. The van der Waals surface area contributed by atoms with Crippen LogP contribution in [0.1, 0.15) is 73.9 Å². The standard InChI is InChI=1S/C67H47BN2/c1-65(2)35-36-66(3,4)58-45(22-13-28-52(58)65)40-33-34-41(39-18-6-5-17-38(39)40)49-37-54-64-59-63(49)69-57-32-12-9-21-44(57)46-24-15-30-55(61(46)69)68(59)56-31-16-25-48-47-23-14-29-53(60(47)70(64)62(48)56)67(54)50-26-10-7-19-42(50)43-20-8-11-27-51(43)67/h5-34,37H,35-36H2,1-4H3. The van der Waals surface area contributed by atoms with Gasteiger partial charge in [-0.05, 0) is 124 Å². The van der Waals surface area contributed by atoms with Gasteiger partial charge in [0.05, 0.1) is 22.1 Å². The minimum Gasteiger partial charge on any atom is -0.310 e. The molecule has 2 aromatic heterocycles. The third-order valence-electron chi connectivity index (χ3n) is 18.3. The normalized spacial score (nSPS) is 16.5. The molecule has 3 heteroatoms. The zero-order valence-electron chi connectivity index (χ0n) is 39.8. The Bertz CT molecular complexity index is 4390. The van der Waals surface area contributed by atoms with Crippen LogP contribution in [-0.4, -0.2) is 15.8 Å². The molecular formula is C67H47BN2. The molecule has 0 amide bonds. The Kier molecular flexibility index (Phi) is 6.77. The Labute approximate surface area is 407 Å². The van der Waals surface area contributed by atoms with E-state index in [1.807, 2.05) is 0 Å². The number of hydrogen-bond acceptors (Lipinski definition) is 0. The minimum atomic E-state index is -0.569. The van der Waals surface area contributed by atoms with Crippen LogP contribution >= 0.6 is 0 Å². The van der Waals surface area contributed by atoms with Crippen LogP contribution in [0.2, 0.25) is 0 Å². The fourth-order valence-electron chi connectivity index (χ4n) is 15.5. The van der Waals surface area contributed by atoms with Crippen molar-refractivity contribution in [2.75, 3.05) is 0 Å². The van der Waals surface area contributed by atoms with Gasteiger partial charge >= 0.3 is 0 Å². The van der Waals surface area contributed by atoms with Crippen molar-refractivity contribution in [2.24, 2.45) is 0 Å². The third-order valence-corrected chi connectivity index (χ3v) is 18.3. The predicted molar refractivity (Wildman–Crippen MR) is 294 cm³/mol. The number of nitrogens with zero attached hydrogens (tertiary/aromatic N) is 2. The molecule has 2 nitrogen and oxygen atoms in total. The average Bonchev–Trinajstić information content (AvgIpc) is 4.04. The Balaban J connectivity index is 1.10. The molecule has 0 radical (unpaired) electrons. The molecule has 5 heterocycles. The number of para-hydroxylation sites is 4. The molecule has 12 aromatic rings. The summed E-state index contributed by atoms with van der Waals surface area (Å²) in [6.45, 7) is 9.85. The first-order valence-corrected chi connectivity index (χ1v) is 25.4. The predicted octanol–water partition coefficient (Wildman–Crippen LogP) is 14.5. The summed E-state index contributed by atoms with van der Waals surface area (Å²) in [5.74, 6) is 0. The molecule has 328 valence electrons. The van der Waals surface area contributed by atoms with Crippen molar-refractivity contribution in [1.29, 1.82) is 0 Å².